The molecule has 12 unspecified atom stereocenters. The van der Waals surface area contributed by atoms with E-state index in [1.54, 1.807) is 6.08 Å². The first-order valence-electron chi connectivity index (χ1n) is 38.0. The van der Waals surface area contributed by atoms with Crippen molar-refractivity contribution in [1.82, 2.24) is 5.32 Å². The van der Waals surface area contributed by atoms with Gasteiger partial charge in [-0.15, -0.1) is 0 Å². The van der Waals surface area contributed by atoms with E-state index in [1.165, 1.54) is 199 Å². The Hall–Kier alpha value is -3.09. The van der Waals surface area contributed by atoms with Crippen molar-refractivity contribution in [2.75, 3.05) is 19.8 Å². The van der Waals surface area contributed by atoms with Crippen molar-refractivity contribution in [2.45, 2.75) is 376 Å². The van der Waals surface area contributed by atoms with Crippen LogP contribution in [0.5, 0.6) is 0 Å². The fourth-order valence-corrected chi connectivity index (χ4v) is 12.0. The van der Waals surface area contributed by atoms with Gasteiger partial charge in [0.15, 0.2) is 12.6 Å². The van der Waals surface area contributed by atoms with Gasteiger partial charge in [0.25, 0.3) is 0 Å². The van der Waals surface area contributed by atoms with E-state index in [0.29, 0.717) is 12.8 Å². The second kappa shape index (κ2) is 62.4. The molecule has 0 aromatic carbocycles. The fraction of sp³-hybridized carbons (Fsp3) is 0.785. The molecule has 0 bridgehead atoms. The summed E-state index contributed by atoms with van der Waals surface area (Å²) >= 11 is 0. The minimum Gasteiger partial charge on any atom is -0.394 e. The second-order valence-corrected chi connectivity index (χ2v) is 26.4. The molecule has 14 heteroatoms. The lowest BCUT2D eigenvalue weighted by Gasteiger charge is -2.46. The number of aliphatic hydroxyl groups excluding tert-OH is 8. The molecule has 0 aromatic heterocycles. The third-order valence-corrected chi connectivity index (χ3v) is 18.0. The largest absolute Gasteiger partial charge is 0.394 e. The molecule has 0 aliphatic carbocycles. The number of hydrogen-bond donors (Lipinski definition) is 9. The number of aliphatic hydroxyl groups is 8. The van der Waals surface area contributed by atoms with Crippen LogP contribution in [0, 0.1) is 0 Å². The van der Waals surface area contributed by atoms with Gasteiger partial charge in [-0.3, -0.25) is 4.79 Å². The van der Waals surface area contributed by atoms with Crippen LogP contribution in [0.4, 0.5) is 0 Å². The maximum Gasteiger partial charge on any atom is 0.220 e. The van der Waals surface area contributed by atoms with Gasteiger partial charge >= 0.3 is 0 Å². The zero-order valence-electron chi connectivity index (χ0n) is 58.7. The molecule has 0 radical (unpaired) electrons. The Bertz CT molecular complexity index is 1930. The van der Waals surface area contributed by atoms with E-state index in [1.807, 2.05) is 6.08 Å². The molecular weight excluding hydrogens is 1170 g/mol. The van der Waals surface area contributed by atoms with E-state index < -0.39 is 86.8 Å². The molecule has 12 atom stereocenters. The average Bonchev–Trinajstić information content (AvgIpc) is 0.852. The van der Waals surface area contributed by atoms with Gasteiger partial charge in [-0.2, -0.15) is 0 Å². The lowest BCUT2D eigenvalue weighted by molar-refractivity contribution is -0.359. The number of ether oxygens (including phenoxy) is 4. The summed E-state index contributed by atoms with van der Waals surface area (Å²) in [6, 6.07) is -0.939. The molecule has 93 heavy (non-hydrogen) atoms. The highest BCUT2D eigenvalue weighted by Crippen LogP contribution is 2.30. The molecule has 2 fully saturated rings. The summed E-state index contributed by atoms with van der Waals surface area (Å²) in [6.45, 7) is 2.70. The summed E-state index contributed by atoms with van der Waals surface area (Å²) in [5.41, 5.74) is 0. The lowest BCUT2D eigenvalue weighted by Crippen LogP contribution is -2.65. The number of rotatable bonds is 62. The van der Waals surface area contributed by atoms with Crippen LogP contribution < -0.4 is 5.32 Å². The second-order valence-electron chi connectivity index (χ2n) is 26.4. The molecule has 0 spiro atoms. The van der Waals surface area contributed by atoms with Crippen molar-refractivity contribution in [3.05, 3.63) is 97.2 Å². The summed E-state index contributed by atoms with van der Waals surface area (Å²) in [7, 11) is 0. The van der Waals surface area contributed by atoms with E-state index in [2.05, 4.69) is 104 Å². The Balaban J connectivity index is 1.66. The normalized spacial score (nSPS) is 23.1. The zero-order valence-corrected chi connectivity index (χ0v) is 58.7. The number of nitrogens with one attached hydrogen (secondary N) is 1. The molecule has 14 nitrogen and oxygen atoms in total. The van der Waals surface area contributed by atoms with E-state index in [9.17, 15) is 45.6 Å². The summed E-state index contributed by atoms with van der Waals surface area (Å²) in [4.78, 5) is 13.4. The smallest absolute Gasteiger partial charge is 0.220 e. The molecule has 2 aliphatic rings. The van der Waals surface area contributed by atoms with Crippen molar-refractivity contribution >= 4 is 5.91 Å². The Morgan fingerprint density at radius 2 is 0.753 bits per heavy atom. The van der Waals surface area contributed by atoms with Crippen LogP contribution in [0.2, 0.25) is 0 Å². The number of carbonyl (C=O) groups is 1. The van der Waals surface area contributed by atoms with E-state index in [4.69, 9.17) is 18.9 Å². The van der Waals surface area contributed by atoms with Crippen LogP contribution in [0.1, 0.15) is 303 Å². The quantitative estimate of drug-likeness (QED) is 0.0204. The highest BCUT2D eigenvalue weighted by atomic mass is 16.7. The number of hydrogen-bond acceptors (Lipinski definition) is 13. The van der Waals surface area contributed by atoms with E-state index in [0.717, 1.165) is 70.6 Å². The number of carbonyl (C=O) groups excluding carboxylic acids is 1. The Kier molecular flexibility index (Phi) is 57.7. The summed E-state index contributed by atoms with van der Waals surface area (Å²) in [6.07, 6.45) is 71.8. The maximum absolute atomic E-state index is 13.4. The first-order chi connectivity index (χ1) is 45.6. The first-order valence-corrected chi connectivity index (χ1v) is 38.0. The van der Waals surface area contributed by atoms with Gasteiger partial charge in [-0.1, -0.05) is 310 Å². The molecule has 2 rings (SSSR count). The maximum atomic E-state index is 13.4. The molecule has 9 N–H and O–H groups in total. The highest BCUT2D eigenvalue weighted by molar-refractivity contribution is 5.76. The average molecular weight is 1310 g/mol. The van der Waals surface area contributed by atoms with Crippen LogP contribution >= 0.6 is 0 Å². The van der Waals surface area contributed by atoms with Crippen molar-refractivity contribution in [3.8, 4) is 0 Å². The highest BCUT2D eigenvalue weighted by Gasteiger charge is 2.51. The van der Waals surface area contributed by atoms with Crippen LogP contribution in [-0.2, 0) is 23.7 Å². The number of allylic oxidation sites excluding steroid dienone is 15. The van der Waals surface area contributed by atoms with Gasteiger partial charge < -0.3 is 65.1 Å². The fourth-order valence-electron chi connectivity index (χ4n) is 12.0. The minimum atomic E-state index is -1.80. The summed E-state index contributed by atoms with van der Waals surface area (Å²) < 4.78 is 22.9. The van der Waals surface area contributed by atoms with Crippen molar-refractivity contribution in [2.24, 2.45) is 0 Å². The van der Waals surface area contributed by atoms with Crippen LogP contribution in [0.25, 0.3) is 0 Å². The summed E-state index contributed by atoms with van der Waals surface area (Å²) in [5.74, 6) is -0.250. The topological polar surface area (TPSA) is 228 Å². The molecule has 0 saturated carbocycles. The minimum absolute atomic E-state index is 0.250. The van der Waals surface area contributed by atoms with Crippen molar-refractivity contribution in [1.29, 1.82) is 0 Å². The molecule has 2 heterocycles. The van der Waals surface area contributed by atoms with Gasteiger partial charge in [0, 0.05) is 6.42 Å². The number of amides is 1. The molecular formula is C79H139NO13. The predicted octanol–water partition coefficient (Wildman–Crippen LogP) is 16.5. The van der Waals surface area contributed by atoms with Crippen molar-refractivity contribution in [3.63, 3.8) is 0 Å². The van der Waals surface area contributed by atoms with Gasteiger partial charge in [0.1, 0.15) is 48.8 Å². The standard InChI is InChI=1S/C79H139NO13/c1-3-5-7-9-11-13-15-17-19-21-23-25-27-29-31-32-33-34-35-36-37-39-41-43-45-47-49-51-53-55-57-59-61-63-71(84)80-67(66-90-78-76(89)74(87)77(70(65-82)92-78)93-79-75(88)73(86)72(85)69(64-81)91-79)68(83)62-60-58-56-54-52-50-48-46-44-42-40-38-30-28-26-24-22-20-18-16-14-12-10-8-6-4-2/h5,7,11,13,17,19,23,25,29,31,33-34,52,54,60,62,67-70,72-79,81-83,85-89H,3-4,6,8-10,12,14-16,18,20-22,24,26-28,30,32,35-51,53,55-59,61,63-66H2,1-2H3,(H,80,84)/b7-5-,13-11-,19-17-,25-23-,31-29-,34-33-,54-52+,62-60+. The monoisotopic (exact) mass is 1310 g/mol. The third kappa shape index (κ3) is 45.9. The van der Waals surface area contributed by atoms with Gasteiger partial charge in [0.05, 0.1) is 32.0 Å². The van der Waals surface area contributed by atoms with E-state index >= 15 is 0 Å². The van der Waals surface area contributed by atoms with Gasteiger partial charge in [-0.25, -0.2) is 0 Å². The zero-order chi connectivity index (χ0) is 67.3. The van der Waals surface area contributed by atoms with Gasteiger partial charge in [0.2, 0.25) is 5.91 Å². The SMILES string of the molecule is CC/C=C\C/C=C\C/C=C\C/C=C\C/C=C\C/C=C\CCCCCCCCCCCCCCCCC(=O)NC(COC1OC(CO)C(OC2OC(CO)C(O)C(O)C2O)C(O)C1O)C(O)/C=C/CC/C=C/CCCCCCCCCCCCCCCCCCCCCC. The molecule has 538 valence electrons. The number of unbranched alkanes of at least 4 members (excludes halogenated alkanes) is 35. The van der Waals surface area contributed by atoms with Crippen LogP contribution in [0.15, 0.2) is 97.2 Å². The Morgan fingerprint density at radius 3 is 1.18 bits per heavy atom. The van der Waals surface area contributed by atoms with Crippen molar-refractivity contribution < 1.29 is 64.6 Å². The summed E-state index contributed by atoms with van der Waals surface area (Å²) in [5, 5.41) is 87.6. The predicted molar refractivity (Wildman–Crippen MR) is 383 cm³/mol. The first kappa shape index (κ1) is 86.0. The van der Waals surface area contributed by atoms with Crippen LogP contribution in [0.3, 0.4) is 0 Å². The lowest BCUT2D eigenvalue weighted by atomic mass is 9.97. The van der Waals surface area contributed by atoms with E-state index in [-0.39, 0.29) is 18.9 Å². The Labute approximate surface area is 566 Å². The molecule has 2 saturated heterocycles. The Morgan fingerprint density at radius 1 is 0.398 bits per heavy atom. The van der Waals surface area contributed by atoms with Crippen LogP contribution in [-0.4, -0.2) is 140 Å². The third-order valence-electron chi connectivity index (χ3n) is 18.0. The van der Waals surface area contributed by atoms with Gasteiger partial charge in [-0.05, 0) is 83.5 Å². The molecule has 2 aliphatic heterocycles. The molecule has 1 amide bonds. The molecule has 0 aromatic rings.